The van der Waals surface area contributed by atoms with Crippen LogP contribution in [0.25, 0.3) is 0 Å². The van der Waals surface area contributed by atoms with Gasteiger partial charge in [-0.1, -0.05) is 18.2 Å². The van der Waals surface area contributed by atoms with E-state index in [2.05, 4.69) is 25.1 Å². The van der Waals surface area contributed by atoms with Crippen LogP contribution in [0.1, 0.15) is 52.7 Å². The second-order valence-electron chi connectivity index (χ2n) is 6.16. The Hall–Kier alpha value is -0.586. The molecule has 0 spiro atoms. The van der Waals surface area contributed by atoms with Crippen molar-refractivity contribution < 1.29 is 26.6 Å². The molecule has 1 rings (SSSR count). The van der Waals surface area contributed by atoms with Crippen molar-refractivity contribution in [1.82, 2.24) is 0 Å². The molecule has 0 N–H and O–H groups in total. The highest BCUT2D eigenvalue weighted by Gasteiger charge is 2.46. The smallest absolute Gasteiger partial charge is 0.374 e. The molecule has 0 aliphatic carbocycles. The summed E-state index contributed by atoms with van der Waals surface area (Å²) in [6.07, 6.45) is 0. The van der Waals surface area contributed by atoms with E-state index in [-0.39, 0.29) is 0 Å². The van der Waals surface area contributed by atoms with Crippen molar-refractivity contribution in [3.05, 3.63) is 29.3 Å². The van der Waals surface area contributed by atoms with Gasteiger partial charge in [-0.15, -0.1) is 0 Å². The van der Waals surface area contributed by atoms with Crippen LogP contribution in [0.5, 0.6) is 0 Å². The van der Waals surface area contributed by atoms with Gasteiger partial charge >= 0.3 is 17.6 Å². The van der Waals surface area contributed by atoms with Crippen molar-refractivity contribution in [3.63, 3.8) is 0 Å². The van der Waals surface area contributed by atoms with Crippen LogP contribution in [0.3, 0.4) is 0 Å². The van der Waals surface area contributed by atoms with Crippen LogP contribution in [0.2, 0.25) is 0 Å². The zero-order valence-electron chi connectivity index (χ0n) is 18.6. The molecule has 0 atom stereocenters. The minimum absolute atomic E-state index is 0.533. The fourth-order valence-electron chi connectivity index (χ4n) is 3.23. The van der Waals surface area contributed by atoms with Crippen molar-refractivity contribution in [2.24, 2.45) is 0 Å². The molecule has 162 valence electrons. The van der Waals surface area contributed by atoms with Gasteiger partial charge < -0.3 is 26.6 Å². The van der Waals surface area contributed by atoms with Gasteiger partial charge in [-0.3, -0.25) is 0 Å². The molecule has 0 aliphatic rings. The second-order valence-corrected chi connectivity index (χ2v) is 11.3. The van der Waals surface area contributed by atoms with Crippen LogP contribution >= 0.6 is 0 Å². The Balaban J connectivity index is 3.36. The predicted molar refractivity (Wildman–Crippen MR) is 116 cm³/mol. The molecule has 0 saturated heterocycles. The molecule has 0 amide bonds. The van der Waals surface area contributed by atoms with Crippen LogP contribution in [-0.4, -0.2) is 57.3 Å². The predicted octanol–water partition coefficient (Wildman–Crippen LogP) is 3.38. The van der Waals surface area contributed by atoms with Gasteiger partial charge in [0, 0.05) is 50.9 Å². The molecular weight excluding hydrogens is 392 g/mol. The van der Waals surface area contributed by atoms with E-state index in [1.165, 1.54) is 0 Å². The molecule has 0 fully saturated rings. The largest absolute Gasteiger partial charge is 0.537 e. The highest BCUT2D eigenvalue weighted by atomic mass is 28.4. The van der Waals surface area contributed by atoms with Crippen molar-refractivity contribution in [1.29, 1.82) is 0 Å². The van der Waals surface area contributed by atoms with Gasteiger partial charge in [0.1, 0.15) is 0 Å². The minimum Gasteiger partial charge on any atom is -0.374 e. The first-order valence-electron chi connectivity index (χ1n) is 10.4. The first kappa shape index (κ1) is 25.5. The van der Waals surface area contributed by atoms with Gasteiger partial charge in [-0.25, -0.2) is 0 Å². The Morgan fingerprint density at radius 1 is 0.643 bits per heavy atom. The summed E-state index contributed by atoms with van der Waals surface area (Å²) in [6.45, 7) is 17.1. The molecule has 0 heterocycles. The van der Waals surface area contributed by atoms with Crippen molar-refractivity contribution in [3.8, 4) is 0 Å². The van der Waals surface area contributed by atoms with Gasteiger partial charge in [0.15, 0.2) is 0 Å². The lowest BCUT2D eigenvalue weighted by Gasteiger charge is -2.31. The average molecular weight is 431 g/mol. The van der Waals surface area contributed by atoms with Crippen molar-refractivity contribution >= 4 is 22.8 Å². The normalized spacial score (nSPS) is 12.5. The highest BCUT2D eigenvalue weighted by molar-refractivity contribution is 6.75. The van der Waals surface area contributed by atoms with E-state index in [9.17, 15) is 0 Å². The maximum Gasteiger partial charge on any atom is 0.537 e. The van der Waals surface area contributed by atoms with Gasteiger partial charge in [0.2, 0.25) is 0 Å². The third kappa shape index (κ3) is 6.74. The minimum atomic E-state index is -2.99. The van der Waals surface area contributed by atoms with Crippen LogP contribution in [0.4, 0.5) is 0 Å². The SMILES string of the molecule is CCO[Si](Cc1ccc(C)c([Si](OCC)(OCC)OCC)c1)(OCC)OCC. The third-order valence-corrected chi connectivity index (χ3v) is 10.4. The number of hydrogen-bond acceptors (Lipinski definition) is 6. The zero-order chi connectivity index (χ0) is 21.0. The van der Waals surface area contributed by atoms with Gasteiger partial charge in [-0.05, 0) is 59.6 Å². The number of aryl methyl sites for hydroxylation is 1. The summed E-state index contributed by atoms with van der Waals surface area (Å²) >= 11 is 0. The molecule has 0 saturated carbocycles. The fraction of sp³-hybridized carbons (Fsp3) is 0.700. The van der Waals surface area contributed by atoms with Crippen LogP contribution in [0.15, 0.2) is 18.2 Å². The summed E-state index contributed by atoms with van der Waals surface area (Å²) in [6, 6.07) is 6.92. The summed E-state index contributed by atoms with van der Waals surface area (Å²) in [7, 11) is -5.78. The Morgan fingerprint density at radius 2 is 1.07 bits per heavy atom. The maximum atomic E-state index is 6.12. The topological polar surface area (TPSA) is 55.4 Å². The van der Waals surface area contributed by atoms with E-state index in [0.29, 0.717) is 45.7 Å². The number of rotatable bonds is 15. The lowest BCUT2D eigenvalue weighted by atomic mass is 10.2. The van der Waals surface area contributed by atoms with E-state index in [4.69, 9.17) is 26.6 Å². The first-order valence-corrected chi connectivity index (χ1v) is 14.1. The summed E-state index contributed by atoms with van der Waals surface area (Å²) in [4.78, 5) is 0. The zero-order valence-corrected chi connectivity index (χ0v) is 20.6. The Morgan fingerprint density at radius 3 is 1.46 bits per heavy atom. The second kappa shape index (κ2) is 12.9. The summed E-state index contributed by atoms with van der Waals surface area (Å²) < 4.78 is 36.4. The molecule has 0 unspecified atom stereocenters. The molecule has 0 aliphatic heterocycles. The summed E-state index contributed by atoms with van der Waals surface area (Å²) in [5, 5.41) is 1.00. The van der Waals surface area contributed by atoms with Gasteiger partial charge in [0.25, 0.3) is 0 Å². The number of hydrogen-bond donors (Lipinski definition) is 0. The van der Waals surface area contributed by atoms with E-state index in [1.54, 1.807) is 0 Å². The summed E-state index contributed by atoms with van der Waals surface area (Å²) in [5.74, 6) is 0. The first-order chi connectivity index (χ1) is 13.5. The molecule has 1 aromatic rings. The molecular formula is C20H38O6Si2. The average Bonchev–Trinajstić information content (AvgIpc) is 2.64. The fourth-order valence-corrected chi connectivity index (χ4v) is 8.61. The quantitative estimate of drug-likeness (QED) is 0.398. The van der Waals surface area contributed by atoms with E-state index >= 15 is 0 Å². The molecule has 8 heteroatoms. The van der Waals surface area contributed by atoms with Crippen LogP contribution in [0, 0.1) is 6.92 Å². The van der Waals surface area contributed by atoms with Crippen LogP contribution < -0.4 is 5.19 Å². The molecule has 28 heavy (non-hydrogen) atoms. The maximum absolute atomic E-state index is 6.12. The van der Waals surface area contributed by atoms with E-state index in [1.807, 2.05) is 41.5 Å². The van der Waals surface area contributed by atoms with Gasteiger partial charge in [0.05, 0.1) is 0 Å². The van der Waals surface area contributed by atoms with Crippen molar-refractivity contribution in [2.75, 3.05) is 39.6 Å². The molecule has 6 nitrogen and oxygen atoms in total. The van der Waals surface area contributed by atoms with Crippen LogP contribution in [-0.2, 0) is 32.6 Å². The van der Waals surface area contributed by atoms with Gasteiger partial charge in [-0.2, -0.15) is 0 Å². The Kier molecular flexibility index (Phi) is 11.7. The van der Waals surface area contributed by atoms with E-state index < -0.39 is 17.6 Å². The Bertz CT molecular complexity index is 536. The molecule has 0 radical (unpaired) electrons. The Labute approximate surface area is 173 Å². The molecule has 1 aromatic carbocycles. The van der Waals surface area contributed by atoms with E-state index in [0.717, 1.165) is 16.3 Å². The molecule has 0 aromatic heterocycles. The lowest BCUT2D eigenvalue weighted by molar-refractivity contribution is 0.0702. The molecule has 0 bridgehead atoms. The standard InChI is InChI=1S/C20H38O6Si2/c1-8-21-27(22-9-2,23-10-3)17-19-15-14-18(7)20(16-19)28(24-11-4,25-12-5)26-13-6/h14-16H,8-13,17H2,1-7H3. The van der Waals surface area contributed by atoms with Crippen molar-refractivity contribution in [2.45, 2.75) is 54.5 Å². The lowest BCUT2D eigenvalue weighted by Crippen LogP contribution is -2.58. The monoisotopic (exact) mass is 430 g/mol. The number of benzene rings is 1. The summed E-state index contributed by atoms with van der Waals surface area (Å²) in [5.41, 5.74) is 2.18. The highest BCUT2D eigenvalue weighted by Crippen LogP contribution is 2.20. The third-order valence-electron chi connectivity index (χ3n) is 4.15.